The fraction of sp³-hybridized carbons (Fsp3) is 0.200. The lowest BCUT2D eigenvalue weighted by molar-refractivity contribution is -0.116. The van der Waals surface area contributed by atoms with Gasteiger partial charge in [-0.1, -0.05) is 42.8 Å². The first kappa shape index (κ1) is 24.0. The largest absolute Gasteiger partial charge is 0.332 e. The van der Waals surface area contributed by atoms with Gasteiger partial charge in [0.1, 0.15) is 0 Å². The van der Waals surface area contributed by atoms with Gasteiger partial charge in [0.25, 0.3) is 15.9 Å². The molecular formula is C25H27N3O4S. The van der Waals surface area contributed by atoms with E-state index in [0.29, 0.717) is 5.69 Å². The Balaban J connectivity index is 1.64. The van der Waals surface area contributed by atoms with Crippen molar-refractivity contribution in [3.8, 4) is 0 Å². The molecule has 0 spiro atoms. The molecule has 0 unspecified atom stereocenters. The summed E-state index contributed by atoms with van der Waals surface area (Å²) in [4.78, 5) is 26.5. The van der Waals surface area contributed by atoms with Gasteiger partial charge in [-0.3, -0.25) is 14.3 Å². The molecule has 8 heteroatoms. The lowest BCUT2D eigenvalue weighted by Crippen LogP contribution is -2.35. The third kappa shape index (κ3) is 6.20. The Kier molecular flexibility index (Phi) is 7.50. The maximum absolute atomic E-state index is 12.7. The molecule has 3 rings (SSSR count). The van der Waals surface area contributed by atoms with Crippen LogP contribution in [0.3, 0.4) is 0 Å². The van der Waals surface area contributed by atoms with Crippen molar-refractivity contribution in [2.75, 3.05) is 23.6 Å². The predicted molar refractivity (Wildman–Crippen MR) is 130 cm³/mol. The molecule has 0 atom stereocenters. The number of amides is 2. The topological polar surface area (TPSA) is 95.6 Å². The van der Waals surface area contributed by atoms with E-state index in [0.717, 1.165) is 23.2 Å². The fourth-order valence-corrected chi connectivity index (χ4v) is 4.32. The number of carbonyl (C=O) groups is 2. The van der Waals surface area contributed by atoms with Crippen LogP contribution in [-0.4, -0.2) is 38.7 Å². The van der Waals surface area contributed by atoms with E-state index in [9.17, 15) is 18.0 Å². The highest BCUT2D eigenvalue weighted by Gasteiger charge is 2.18. The number of sulfonamides is 1. The summed E-state index contributed by atoms with van der Waals surface area (Å²) < 4.78 is 27.7. The molecule has 0 aliphatic carbocycles. The number of nitrogens with zero attached hydrogens (tertiary/aromatic N) is 1. The van der Waals surface area contributed by atoms with Gasteiger partial charge in [0.15, 0.2) is 0 Å². The van der Waals surface area contributed by atoms with Crippen molar-refractivity contribution in [3.05, 3.63) is 89.5 Å². The van der Waals surface area contributed by atoms with Gasteiger partial charge in [-0.05, 0) is 61.4 Å². The van der Waals surface area contributed by atoms with Crippen LogP contribution in [0.2, 0.25) is 0 Å². The first-order valence-electron chi connectivity index (χ1n) is 10.5. The minimum Gasteiger partial charge on any atom is -0.332 e. The SMILES string of the molecule is CCc1ccccc1NC(=O)CN(C)C(=O)c1ccc(S(=O)(=O)Nc2ccc(C)cc2)cc1. The Morgan fingerprint density at radius 1 is 0.909 bits per heavy atom. The second-order valence-corrected chi connectivity index (χ2v) is 9.40. The molecule has 2 amide bonds. The van der Waals surface area contributed by atoms with Crippen molar-refractivity contribution in [1.29, 1.82) is 0 Å². The third-order valence-electron chi connectivity index (χ3n) is 5.12. The number of carbonyl (C=O) groups excluding carboxylic acids is 2. The Morgan fingerprint density at radius 2 is 1.55 bits per heavy atom. The number of hydrogen-bond acceptors (Lipinski definition) is 4. The van der Waals surface area contributed by atoms with Crippen molar-refractivity contribution >= 4 is 33.2 Å². The second kappa shape index (κ2) is 10.3. The molecule has 0 aliphatic heterocycles. The Hall–Kier alpha value is -3.65. The van der Waals surface area contributed by atoms with Crippen molar-refractivity contribution in [2.24, 2.45) is 0 Å². The summed E-state index contributed by atoms with van der Waals surface area (Å²) in [5, 5.41) is 2.83. The number of aryl methyl sites for hydroxylation is 2. The summed E-state index contributed by atoms with van der Waals surface area (Å²) in [5.74, 6) is -0.697. The standard InChI is InChI=1S/C25H27N3O4S/c1-4-19-7-5-6-8-23(19)26-24(29)17-28(3)25(30)20-11-15-22(16-12-20)33(31,32)27-21-13-9-18(2)10-14-21/h5-16,27H,4,17H2,1-3H3,(H,26,29). The fourth-order valence-electron chi connectivity index (χ4n) is 3.26. The van der Waals surface area contributed by atoms with Gasteiger partial charge >= 0.3 is 0 Å². The minimum absolute atomic E-state index is 0.0381. The van der Waals surface area contributed by atoms with E-state index in [1.54, 1.807) is 12.1 Å². The van der Waals surface area contributed by atoms with Crippen LogP contribution in [0.1, 0.15) is 28.4 Å². The summed E-state index contributed by atoms with van der Waals surface area (Å²) in [6, 6.07) is 20.1. The van der Waals surface area contributed by atoms with Crippen LogP contribution in [0.5, 0.6) is 0 Å². The number of likely N-dealkylation sites (N-methyl/N-ethyl adjacent to an activating group) is 1. The highest BCUT2D eigenvalue weighted by molar-refractivity contribution is 7.92. The van der Waals surface area contributed by atoms with Crippen LogP contribution in [0.15, 0.2) is 77.7 Å². The molecule has 0 aliphatic rings. The molecule has 33 heavy (non-hydrogen) atoms. The lowest BCUT2D eigenvalue weighted by Gasteiger charge is -2.18. The Bertz CT molecular complexity index is 1240. The van der Waals surface area contributed by atoms with Crippen LogP contribution >= 0.6 is 0 Å². The molecule has 0 heterocycles. The minimum atomic E-state index is -3.79. The smallest absolute Gasteiger partial charge is 0.261 e. The number of rotatable bonds is 8. The average molecular weight is 466 g/mol. The monoisotopic (exact) mass is 465 g/mol. The molecule has 7 nitrogen and oxygen atoms in total. The van der Waals surface area contributed by atoms with E-state index in [1.165, 1.54) is 36.2 Å². The van der Waals surface area contributed by atoms with E-state index >= 15 is 0 Å². The summed E-state index contributed by atoms with van der Waals surface area (Å²) in [7, 11) is -2.26. The van der Waals surface area contributed by atoms with Gasteiger partial charge in [-0.25, -0.2) is 8.42 Å². The highest BCUT2D eigenvalue weighted by Crippen LogP contribution is 2.18. The number of benzene rings is 3. The van der Waals surface area contributed by atoms with Crippen LogP contribution < -0.4 is 10.0 Å². The number of hydrogen-bond donors (Lipinski definition) is 2. The molecule has 0 saturated heterocycles. The zero-order valence-electron chi connectivity index (χ0n) is 18.8. The quantitative estimate of drug-likeness (QED) is 0.524. The molecule has 3 aromatic carbocycles. The molecule has 0 fully saturated rings. The zero-order valence-corrected chi connectivity index (χ0v) is 19.6. The molecule has 2 N–H and O–H groups in total. The molecule has 172 valence electrons. The maximum atomic E-state index is 12.7. The zero-order chi connectivity index (χ0) is 24.0. The Labute approximate surface area is 194 Å². The second-order valence-electron chi connectivity index (χ2n) is 7.72. The van der Waals surface area contributed by atoms with Gasteiger partial charge in [0.05, 0.1) is 11.4 Å². The van der Waals surface area contributed by atoms with Crippen molar-refractivity contribution < 1.29 is 18.0 Å². The number of anilines is 2. The van der Waals surface area contributed by atoms with Gasteiger partial charge in [0, 0.05) is 24.0 Å². The van der Waals surface area contributed by atoms with E-state index in [2.05, 4.69) is 10.0 Å². The van der Waals surface area contributed by atoms with Gasteiger partial charge in [-0.15, -0.1) is 0 Å². The van der Waals surface area contributed by atoms with E-state index in [-0.39, 0.29) is 28.8 Å². The number of para-hydroxylation sites is 1. The van der Waals surface area contributed by atoms with Gasteiger partial charge < -0.3 is 10.2 Å². The first-order chi connectivity index (χ1) is 15.7. The molecule has 3 aromatic rings. The molecule has 0 saturated carbocycles. The highest BCUT2D eigenvalue weighted by atomic mass is 32.2. The van der Waals surface area contributed by atoms with Crippen LogP contribution in [-0.2, 0) is 21.2 Å². The molecular weight excluding hydrogens is 438 g/mol. The lowest BCUT2D eigenvalue weighted by atomic mass is 10.1. The number of nitrogens with one attached hydrogen (secondary N) is 2. The van der Waals surface area contributed by atoms with Crippen LogP contribution in [0, 0.1) is 6.92 Å². The van der Waals surface area contributed by atoms with E-state index in [1.807, 2.05) is 50.2 Å². The summed E-state index contributed by atoms with van der Waals surface area (Å²) >= 11 is 0. The normalized spacial score (nSPS) is 11.0. The molecule has 0 bridgehead atoms. The van der Waals surface area contributed by atoms with Gasteiger partial charge in [0.2, 0.25) is 5.91 Å². The maximum Gasteiger partial charge on any atom is 0.261 e. The van der Waals surface area contributed by atoms with Crippen molar-refractivity contribution in [2.45, 2.75) is 25.2 Å². The van der Waals surface area contributed by atoms with Crippen molar-refractivity contribution in [1.82, 2.24) is 4.90 Å². The van der Waals surface area contributed by atoms with Gasteiger partial charge in [-0.2, -0.15) is 0 Å². The molecule has 0 radical (unpaired) electrons. The van der Waals surface area contributed by atoms with Crippen LogP contribution in [0.4, 0.5) is 11.4 Å². The van der Waals surface area contributed by atoms with E-state index in [4.69, 9.17) is 0 Å². The molecule has 0 aromatic heterocycles. The summed E-state index contributed by atoms with van der Waals surface area (Å²) in [5.41, 5.74) is 3.50. The van der Waals surface area contributed by atoms with E-state index < -0.39 is 10.0 Å². The average Bonchev–Trinajstić information content (AvgIpc) is 2.80. The summed E-state index contributed by atoms with van der Waals surface area (Å²) in [6.07, 6.45) is 0.777. The summed E-state index contributed by atoms with van der Waals surface area (Å²) in [6.45, 7) is 3.78. The Morgan fingerprint density at radius 3 is 2.18 bits per heavy atom. The third-order valence-corrected chi connectivity index (χ3v) is 6.51. The van der Waals surface area contributed by atoms with Crippen molar-refractivity contribution in [3.63, 3.8) is 0 Å². The first-order valence-corrected chi connectivity index (χ1v) is 12.0. The van der Waals surface area contributed by atoms with Crippen LogP contribution in [0.25, 0.3) is 0 Å². The predicted octanol–water partition coefficient (Wildman–Crippen LogP) is 4.07.